The summed E-state index contributed by atoms with van der Waals surface area (Å²) in [6, 6.07) is 0.0613. The monoisotopic (exact) mass is 278 g/mol. The average Bonchev–Trinajstić information content (AvgIpc) is 3.00. The van der Waals surface area contributed by atoms with Crippen molar-refractivity contribution in [3.8, 4) is 0 Å². The number of nitrogens with zero attached hydrogens (tertiary/aromatic N) is 4. The van der Waals surface area contributed by atoms with Gasteiger partial charge >= 0.3 is 0 Å². The molecule has 0 saturated heterocycles. The van der Waals surface area contributed by atoms with Crippen LogP contribution in [0, 0.1) is 5.92 Å². The highest BCUT2D eigenvalue weighted by atomic mass is 16.3. The molecule has 1 saturated carbocycles. The zero-order valence-electron chi connectivity index (χ0n) is 11.2. The molecule has 1 fully saturated rings. The predicted molar refractivity (Wildman–Crippen MR) is 74.1 cm³/mol. The Balaban J connectivity index is 2.03. The van der Waals surface area contributed by atoms with Crippen LogP contribution in [0.2, 0.25) is 0 Å². The standard InChI is InChI=1S/C12H18N6O2/c1-14-10-9-11(17-12(13)16-10)18(5-15-9)7-2-6(4-19)8(20)3-7/h5-8,19-20H,2-4H2,1H3,(H3,13,14,16,17)/t6-,7-,8+/m1/s1. The van der Waals surface area contributed by atoms with E-state index < -0.39 is 6.10 Å². The SMILES string of the molecule is CNc1nc(N)nc2c1ncn2[C@@H]1C[C@H](CO)[C@@H](O)C1. The lowest BCUT2D eigenvalue weighted by Gasteiger charge is -2.12. The lowest BCUT2D eigenvalue weighted by Crippen LogP contribution is -2.16. The molecule has 0 aromatic carbocycles. The third-order valence-corrected chi connectivity index (χ3v) is 3.94. The van der Waals surface area contributed by atoms with Gasteiger partial charge in [-0.25, -0.2) is 4.98 Å². The first-order chi connectivity index (χ1) is 9.63. The van der Waals surface area contributed by atoms with Gasteiger partial charge in [0.2, 0.25) is 5.95 Å². The van der Waals surface area contributed by atoms with E-state index >= 15 is 0 Å². The van der Waals surface area contributed by atoms with Crippen LogP contribution in [-0.2, 0) is 0 Å². The summed E-state index contributed by atoms with van der Waals surface area (Å²) in [5.74, 6) is 0.671. The van der Waals surface area contributed by atoms with Crippen molar-refractivity contribution in [2.24, 2.45) is 5.92 Å². The summed E-state index contributed by atoms with van der Waals surface area (Å²) in [6.07, 6.45) is 2.47. The molecule has 0 aliphatic heterocycles. The number of fused-ring (bicyclic) bond motifs is 1. The highest BCUT2D eigenvalue weighted by Crippen LogP contribution is 2.36. The van der Waals surface area contributed by atoms with Gasteiger partial charge in [0.05, 0.1) is 12.4 Å². The molecule has 0 spiro atoms. The Labute approximate surface area is 115 Å². The maximum absolute atomic E-state index is 9.92. The summed E-state index contributed by atoms with van der Waals surface area (Å²) >= 11 is 0. The van der Waals surface area contributed by atoms with Gasteiger partial charge < -0.3 is 25.8 Å². The summed E-state index contributed by atoms with van der Waals surface area (Å²) in [6.45, 7) is -0.0107. The number of nitrogen functional groups attached to an aromatic ring is 1. The summed E-state index contributed by atoms with van der Waals surface area (Å²) in [4.78, 5) is 12.7. The molecule has 3 rings (SSSR count). The first-order valence-corrected chi connectivity index (χ1v) is 6.60. The fraction of sp³-hybridized carbons (Fsp3) is 0.583. The zero-order chi connectivity index (χ0) is 14.3. The molecule has 1 aliphatic rings. The van der Waals surface area contributed by atoms with Gasteiger partial charge in [0, 0.05) is 25.6 Å². The number of hydrogen-bond donors (Lipinski definition) is 4. The van der Waals surface area contributed by atoms with Crippen LogP contribution in [0.1, 0.15) is 18.9 Å². The molecule has 2 heterocycles. The van der Waals surface area contributed by atoms with Crippen LogP contribution in [0.5, 0.6) is 0 Å². The van der Waals surface area contributed by atoms with Crippen LogP contribution in [0.3, 0.4) is 0 Å². The van der Waals surface area contributed by atoms with Crippen molar-refractivity contribution >= 4 is 22.9 Å². The Kier molecular flexibility index (Phi) is 3.19. The molecule has 20 heavy (non-hydrogen) atoms. The van der Waals surface area contributed by atoms with Crippen molar-refractivity contribution in [1.82, 2.24) is 19.5 Å². The second-order valence-corrected chi connectivity index (χ2v) is 5.14. The molecule has 0 bridgehead atoms. The van der Waals surface area contributed by atoms with E-state index in [-0.39, 0.29) is 24.5 Å². The van der Waals surface area contributed by atoms with Gasteiger partial charge in [-0.3, -0.25) is 0 Å². The molecular formula is C12H18N6O2. The summed E-state index contributed by atoms with van der Waals surface area (Å²) in [5, 5.41) is 22.1. The predicted octanol–water partition coefficient (Wildman–Crippen LogP) is -0.246. The quantitative estimate of drug-likeness (QED) is 0.611. The highest BCUT2D eigenvalue weighted by molar-refractivity contribution is 5.84. The number of rotatable bonds is 3. The van der Waals surface area contributed by atoms with Crippen LogP contribution in [0.4, 0.5) is 11.8 Å². The van der Waals surface area contributed by atoms with E-state index in [1.165, 1.54) is 0 Å². The Hall–Kier alpha value is -1.93. The van der Waals surface area contributed by atoms with Crippen LogP contribution in [-0.4, -0.2) is 49.5 Å². The molecule has 8 heteroatoms. The summed E-state index contributed by atoms with van der Waals surface area (Å²) in [5.41, 5.74) is 7.02. The minimum atomic E-state index is -0.495. The van der Waals surface area contributed by atoms with Crippen molar-refractivity contribution in [2.75, 3.05) is 24.7 Å². The van der Waals surface area contributed by atoms with Gasteiger partial charge in [-0.1, -0.05) is 0 Å². The number of aromatic nitrogens is 4. The van der Waals surface area contributed by atoms with Crippen LogP contribution < -0.4 is 11.1 Å². The Morgan fingerprint density at radius 1 is 1.45 bits per heavy atom. The van der Waals surface area contributed by atoms with Gasteiger partial charge in [0.15, 0.2) is 17.0 Å². The largest absolute Gasteiger partial charge is 0.396 e. The minimum absolute atomic E-state index is 0.0107. The fourth-order valence-electron chi connectivity index (χ4n) is 2.87. The number of aliphatic hydroxyl groups is 2. The molecule has 5 N–H and O–H groups in total. The number of aliphatic hydroxyl groups excluding tert-OH is 2. The number of nitrogens with one attached hydrogen (secondary N) is 1. The molecule has 2 aromatic rings. The normalized spacial score (nSPS) is 26.2. The van der Waals surface area contributed by atoms with Crippen molar-refractivity contribution in [2.45, 2.75) is 25.0 Å². The molecular weight excluding hydrogens is 260 g/mol. The molecule has 108 valence electrons. The molecule has 0 radical (unpaired) electrons. The molecule has 1 aliphatic carbocycles. The molecule has 0 amide bonds. The summed E-state index contributed by atoms with van der Waals surface area (Å²) in [7, 11) is 1.75. The summed E-state index contributed by atoms with van der Waals surface area (Å²) < 4.78 is 1.91. The van der Waals surface area contributed by atoms with Gasteiger partial charge in [-0.2, -0.15) is 9.97 Å². The lowest BCUT2D eigenvalue weighted by molar-refractivity contribution is 0.0906. The first-order valence-electron chi connectivity index (χ1n) is 6.60. The second kappa shape index (κ2) is 4.88. The van der Waals surface area contributed by atoms with Crippen molar-refractivity contribution < 1.29 is 10.2 Å². The third-order valence-electron chi connectivity index (χ3n) is 3.94. The highest BCUT2D eigenvalue weighted by Gasteiger charge is 2.34. The van der Waals surface area contributed by atoms with Gasteiger partial charge in [0.1, 0.15) is 0 Å². The van der Waals surface area contributed by atoms with E-state index in [0.717, 1.165) is 0 Å². The smallest absolute Gasteiger partial charge is 0.224 e. The second-order valence-electron chi connectivity index (χ2n) is 5.14. The average molecular weight is 278 g/mol. The first kappa shape index (κ1) is 13.1. The molecule has 3 atom stereocenters. The topological polar surface area (TPSA) is 122 Å². The van der Waals surface area contributed by atoms with E-state index in [4.69, 9.17) is 5.73 Å². The third kappa shape index (κ3) is 1.97. The van der Waals surface area contributed by atoms with Crippen molar-refractivity contribution in [1.29, 1.82) is 0 Å². The number of nitrogens with two attached hydrogens (primary N) is 1. The van der Waals surface area contributed by atoms with Crippen LogP contribution in [0.25, 0.3) is 11.2 Å². The Bertz CT molecular complexity index is 628. The lowest BCUT2D eigenvalue weighted by atomic mass is 10.1. The van der Waals surface area contributed by atoms with Gasteiger partial charge in [-0.15, -0.1) is 0 Å². The fourth-order valence-corrected chi connectivity index (χ4v) is 2.87. The zero-order valence-corrected chi connectivity index (χ0v) is 11.2. The van der Waals surface area contributed by atoms with Gasteiger partial charge in [0.25, 0.3) is 0 Å². The Morgan fingerprint density at radius 2 is 2.25 bits per heavy atom. The van der Waals surface area contributed by atoms with Gasteiger partial charge in [-0.05, 0) is 12.8 Å². The minimum Gasteiger partial charge on any atom is -0.396 e. The number of imidazole rings is 1. The molecule has 0 unspecified atom stereocenters. The molecule has 2 aromatic heterocycles. The van der Waals surface area contributed by atoms with Crippen LogP contribution >= 0.6 is 0 Å². The van der Waals surface area contributed by atoms with Crippen LogP contribution in [0.15, 0.2) is 6.33 Å². The maximum Gasteiger partial charge on any atom is 0.224 e. The Morgan fingerprint density at radius 3 is 2.90 bits per heavy atom. The van der Waals surface area contributed by atoms with E-state index in [1.807, 2.05) is 4.57 Å². The van der Waals surface area contributed by atoms with E-state index in [0.29, 0.717) is 29.8 Å². The molecule has 8 nitrogen and oxygen atoms in total. The van der Waals surface area contributed by atoms with Crippen molar-refractivity contribution in [3.05, 3.63) is 6.33 Å². The van der Waals surface area contributed by atoms with E-state index in [9.17, 15) is 10.2 Å². The van der Waals surface area contributed by atoms with E-state index in [1.54, 1.807) is 13.4 Å². The number of hydrogen-bond acceptors (Lipinski definition) is 7. The van der Waals surface area contributed by atoms with Crippen molar-refractivity contribution in [3.63, 3.8) is 0 Å². The maximum atomic E-state index is 9.92. The van der Waals surface area contributed by atoms with E-state index in [2.05, 4.69) is 20.3 Å². The number of anilines is 2.